The maximum atomic E-state index is 12.0. The molecule has 1 rings (SSSR count). The van der Waals surface area contributed by atoms with Crippen LogP contribution in [0, 0.1) is 0 Å². The molecule has 0 unspecified atom stereocenters. The lowest BCUT2D eigenvalue weighted by Crippen LogP contribution is -2.05. The average Bonchev–Trinajstić information content (AvgIpc) is 2.48. The maximum absolute atomic E-state index is 12.0. The fourth-order valence-electron chi connectivity index (χ4n) is 1.13. The van der Waals surface area contributed by atoms with Crippen LogP contribution in [0.1, 0.15) is 17.3 Å². The number of nitrogens with zero attached hydrogens (tertiary/aromatic N) is 1. The third-order valence-electron chi connectivity index (χ3n) is 1.75. The molecule has 0 aliphatic rings. The SMILES string of the molecule is CCOC(=O)c1cn(CCF)cc1N.Cl. The largest absolute Gasteiger partial charge is 0.462 e. The van der Waals surface area contributed by atoms with E-state index in [2.05, 4.69) is 0 Å². The molecule has 2 N–H and O–H groups in total. The lowest BCUT2D eigenvalue weighted by Gasteiger charge is -1.99. The van der Waals surface area contributed by atoms with Crippen LogP contribution in [0.3, 0.4) is 0 Å². The smallest absolute Gasteiger partial charge is 0.341 e. The summed E-state index contributed by atoms with van der Waals surface area (Å²) in [6.07, 6.45) is 3.01. The van der Waals surface area contributed by atoms with Crippen molar-refractivity contribution in [3.63, 3.8) is 0 Å². The standard InChI is InChI=1S/C9H13FN2O2.ClH/c1-2-14-9(13)7-5-12(4-3-10)6-8(7)11;/h5-6H,2-4,11H2,1H3;1H. The minimum Gasteiger partial charge on any atom is -0.462 e. The molecule has 0 aliphatic carbocycles. The van der Waals surface area contributed by atoms with Gasteiger partial charge in [0.25, 0.3) is 0 Å². The highest BCUT2D eigenvalue weighted by molar-refractivity contribution is 5.94. The van der Waals surface area contributed by atoms with Crippen LogP contribution in [0.5, 0.6) is 0 Å². The number of carbonyl (C=O) groups excluding carboxylic acids is 1. The molecule has 0 radical (unpaired) electrons. The number of rotatable bonds is 4. The highest BCUT2D eigenvalue weighted by atomic mass is 35.5. The maximum Gasteiger partial charge on any atom is 0.341 e. The van der Waals surface area contributed by atoms with Gasteiger partial charge in [0.1, 0.15) is 12.2 Å². The highest BCUT2D eigenvalue weighted by Gasteiger charge is 2.12. The summed E-state index contributed by atoms with van der Waals surface area (Å²) >= 11 is 0. The molecule has 0 saturated heterocycles. The second-order valence-corrected chi connectivity index (χ2v) is 2.77. The van der Waals surface area contributed by atoms with Crippen molar-refractivity contribution in [3.05, 3.63) is 18.0 Å². The Kier molecular flexibility index (Phi) is 5.77. The van der Waals surface area contributed by atoms with Crippen LogP contribution in [0.15, 0.2) is 12.4 Å². The van der Waals surface area contributed by atoms with Gasteiger partial charge in [0.05, 0.1) is 18.8 Å². The number of anilines is 1. The van der Waals surface area contributed by atoms with Crippen molar-refractivity contribution in [1.29, 1.82) is 0 Å². The zero-order valence-electron chi connectivity index (χ0n) is 8.40. The number of esters is 1. The van der Waals surface area contributed by atoms with Crippen LogP contribution in [0.25, 0.3) is 0 Å². The normalized spacial score (nSPS) is 9.47. The number of nitrogens with two attached hydrogens (primary N) is 1. The van der Waals surface area contributed by atoms with Gasteiger partial charge in [-0.3, -0.25) is 0 Å². The topological polar surface area (TPSA) is 57.2 Å². The van der Waals surface area contributed by atoms with E-state index in [0.29, 0.717) is 17.9 Å². The molecule has 0 spiro atoms. The van der Waals surface area contributed by atoms with E-state index in [-0.39, 0.29) is 19.0 Å². The summed E-state index contributed by atoms with van der Waals surface area (Å²) < 4.78 is 18.3. The Labute approximate surface area is 93.6 Å². The number of aryl methyl sites for hydroxylation is 1. The molecular weight excluding hydrogens is 223 g/mol. The van der Waals surface area contributed by atoms with Gasteiger partial charge in [-0.15, -0.1) is 12.4 Å². The van der Waals surface area contributed by atoms with Crippen LogP contribution in [0.2, 0.25) is 0 Å². The van der Waals surface area contributed by atoms with Crippen LogP contribution < -0.4 is 5.73 Å². The van der Waals surface area contributed by atoms with Crippen LogP contribution in [-0.4, -0.2) is 23.8 Å². The molecule has 0 bridgehead atoms. The minimum atomic E-state index is -0.490. The zero-order valence-corrected chi connectivity index (χ0v) is 9.22. The number of nitrogen functional groups attached to an aromatic ring is 1. The minimum absolute atomic E-state index is 0. The van der Waals surface area contributed by atoms with E-state index >= 15 is 0 Å². The number of alkyl halides is 1. The third kappa shape index (κ3) is 3.43. The predicted octanol–water partition coefficient (Wildman–Crippen LogP) is 1.64. The molecule has 0 aliphatic heterocycles. The quantitative estimate of drug-likeness (QED) is 0.809. The van der Waals surface area contributed by atoms with Crippen LogP contribution in [0.4, 0.5) is 10.1 Å². The second-order valence-electron chi connectivity index (χ2n) is 2.77. The number of hydrogen-bond donors (Lipinski definition) is 1. The summed E-state index contributed by atoms with van der Waals surface area (Å²) in [4.78, 5) is 11.3. The molecule has 86 valence electrons. The molecule has 6 heteroatoms. The molecule has 4 nitrogen and oxygen atoms in total. The van der Waals surface area contributed by atoms with E-state index in [0.717, 1.165) is 0 Å². The molecule has 0 atom stereocenters. The number of carbonyl (C=O) groups is 1. The monoisotopic (exact) mass is 236 g/mol. The fourth-order valence-corrected chi connectivity index (χ4v) is 1.13. The van der Waals surface area contributed by atoms with E-state index < -0.39 is 12.6 Å². The molecule has 0 aromatic carbocycles. The lowest BCUT2D eigenvalue weighted by atomic mass is 10.3. The van der Waals surface area contributed by atoms with Gasteiger partial charge in [0, 0.05) is 12.4 Å². The van der Waals surface area contributed by atoms with Gasteiger partial charge in [0.2, 0.25) is 0 Å². The molecule has 1 aromatic heterocycles. The first-order valence-corrected chi connectivity index (χ1v) is 4.37. The number of halogens is 2. The molecular formula is C9H14ClFN2O2. The van der Waals surface area contributed by atoms with E-state index in [9.17, 15) is 9.18 Å². The molecule has 0 amide bonds. The first-order valence-electron chi connectivity index (χ1n) is 4.37. The Bertz CT molecular complexity index is 328. The van der Waals surface area contributed by atoms with Gasteiger partial charge in [-0.25, -0.2) is 9.18 Å². The van der Waals surface area contributed by atoms with Crippen molar-refractivity contribution in [1.82, 2.24) is 4.57 Å². The van der Waals surface area contributed by atoms with E-state index in [1.165, 1.54) is 17.0 Å². The van der Waals surface area contributed by atoms with E-state index in [4.69, 9.17) is 10.5 Å². The summed E-state index contributed by atoms with van der Waals surface area (Å²) in [6.45, 7) is 1.72. The average molecular weight is 237 g/mol. The summed E-state index contributed by atoms with van der Waals surface area (Å²) in [5.74, 6) is -0.470. The van der Waals surface area contributed by atoms with Crippen molar-refractivity contribution in [2.24, 2.45) is 0 Å². The summed E-state index contributed by atoms with van der Waals surface area (Å²) in [7, 11) is 0. The fraction of sp³-hybridized carbons (Fsp3) is 0.444. The van der Waals surface area contributed by atoms with Gasteiger partial charge >= 0.3 is 5.97 Å². The van der Waals surface area contributed by atoms with Gasteiger partial charge in [-0.2, -0.15) is 0 Å². The Balaban J connectivity index is 0.00000196. The zero-order chi connectivity index (χ0) is 10.6. The Morgan fingerprint density at radius 3 is 2.80 bits per heavy atom. The van der Waals surface area contributed by atoms with E-state index in [1.54, 1.807) is 6.92 Å². The Morgan fingerprint density at radius 1 is 1.60 bits per heavy atom. The van der Waals surface area contributed by atoms with Gasteiger partial charge in [-0.05, 0) is 6.92 Å². The van der Waals surface area contributed by atoms with Gasteiger partial charge in [-0.1, -0.05) is 0 Å². The van der Waals surface area contributed by atoms with Crippen molar-refractivity contribution in [2.75, 3.05) is 19.0 Å². The van der Waals surface area contributed by atoms with Crippen molar-refractivity contribution in [2.45, 2.75) is 13.5 Å². The Hall–Kier alpha value is -1.23. The van der Waals surface area contributed by atoms with E-state index in [1.807, 2.05) is 0 Å². The van der Waals surface area contributed by atoms with Crippen LogP contribution in [-0.2, 0) is 11.3 Å². The first-order chi connectivity index (χ1) is 6.69. The summed E-state index contributed by atoms with van der Waals surface area (Å²) in [5.41, 5.74) is 6.17. The van der Waals surface area contributed by atoms with Crippen LogP contribution >= 0.6 is 12.4 Å². The van der Waals surface area contributed by atoms with Crippen molar-refractivity contribution in [3.8, 4) is 0 Å². The predicted molar refractivity (Wildman–Crippen MR) is 58.0 cm³/mol. The summed E-state index contributed by atoms with van der Waals surface area (Å²) in [6, 6.07) is 0. The Morgan fingerprint density at radius 2 is 2.27 bits per heavy atom. The molecule has 0 fully saturated rings. The lowest BCUT2D eigenvalue weighted by molar-refractivity contribution is 0.0527. The third-order valence-corrected chi connectivity index (χ3v) is 1.75. The first kappa shape index (κ1) is 13.8. The van der Waals surface area contributed by atoms with Crippen molar-refractivity contribution < 1.29 is 13.9 Å². The molecule has 0 saturated carbocycles. The summed E-state index contributed by atoms with van der Waals surface area (Å²) in [5, 5.41) is 0. The number of hydrogen-bond acceptors (Lipinski definition) is 3. The number of aromatic nitrogens is 1. The highest BCUT2D eigenvalue weighted by Crippen LogP contribution is 2.14. The number of ether oxygens (including phenoxy) is 1. The molecule has 1 heterocycles. The van der Waals surface area contributed by atoms with Gasteiger partial charge in [0.15, 0.2) is 0 Å². The molecule has 15 heavy (non-hydrogen) atoms. The van der Waals surface area contributed by atoms with Gasteiger partial charge < -0.3 is 15.0 Å². The molecule has 1 aromatic rings. The van der Waals surface area contributed by atoms with Crippen molar-refractivity contribution >= 4 is 24.1 Å². The second kappa shape index (κ2) is 6.29.